The summed E-state index contributed by atoms with van der Waals surface area (Å²) in [4.78, 5) is 8.49. The Morgan fingerprint density at radius 1 is 1.21 bits per heavy atom. The molecule has 0 aromatic carbocycles. The molecule has 0 unspecified atom stereocenters. The van der Waals surface area contributed by atoms with Gasteiger partial charge in [0.1, 0.15) is 17.4 Å². The topological polar surface area (TPSA) is 91.5 Å². The van der Waals surface area contributed by atoms with E-state index in [9.17, 15) is 0 Å². The van der Waals surface area contributed by atoms with Gasteiger partial charge in [0.15, 0.2) is 11.4 Å². The summed E-state index contributed by atoms with van der Waals surface area (Å²) in [6.07, 6.45) is 7.11. The normalized spacial score (nSPS) is 20.4. The first-order chi connectivity index (χ1) is 11.8. The Balaban J connectivity index is 1.55. The zero-order chi connectivity index (χ0) is 16.1. The summed E-state index contributed by atoms with van der Waals surface area (Å²) in [6.45, 7) is 0. The molecule has 0 radical (unpaired) electrons. The second-order valence-electron chi connectivity index (χ2n) is 6.08. The van der Waals surface area contributed by atoms with Crippen molar-refractivity contribution in [1.82, 2.24) is 19.6 Å². The first-order valence-electron chi connectivity index (χ1n) is 7.87. The highest BCUT2D eigenvalue weighted by atomic mass is 16.5. The van der Waals surface area contributed by atoms with Gasteiger partial charge in [-0.25, -0.2) is 9.50 Å². The first kappa shape index (κ1) is 13.5. The fourth-order valence-electron chi connectivity index (χ4n) is 2.97. The molecular formula is C17H15N5O2. The van der Waals surface area contributed by atoms with Gasteiger partial charge >= 0.3 is 0 Å². The minimum atomic E-state index is 0.147. The van der Waals surface area contributed by atoms with Crippen molar-refractivity contribution < 1.29 is 9.15 Å². The number of ether oxygens (including phenoxy) is 1. The monoisotopic (exact) mass is 321 g/mol. The maximum atomic E-state index is 5.89. The average Bonchev–Trinajstić information content (AvgIpc) is 3.16. The Morgan fingerprint density at radius 2 is 2.12 bits per heavy atom. The molecule has 4 aromatic heterocycles. The minimum absolute atomic E-state index is 0.147. The number of hydrogen-bond donors (Lipinski definition) is 1. The first-order valence-corrected chi connectivity index (χ1v) is 7.87. The third-order valence-corrected chi connectivity index (χ3v) is 4.33. The van der Waals surface area contributed by atoms with Crippen molar-refractivity contribution in [3.63, 3.8) is 0 Å². The van der Waals surface area contributed by atoms with Crippen LogP contribution in [-0.4, -0.2) is 31.7 Å². The van der Waals surface area contributed by atoms with Gasteiger partial charge in [0, 0.05) is 29.9 Å². The third-order valence-electron chi connectivity index (χ3n) is 4.33. The average molecular weight is 321 g/mol. The molecule has 0 saturated heterocycles. The molecule has 1 fully saturated rings. The van der Waals surface area contributed by atoms with E-state index in [4.69, 9.17) is 14.9 Å². The number of rotatable bonds is 3. The Bertz CT molecular complexity index is 999. The van der Waals surface area contributed by atoms with Crippen molar-refractivity contribution in [2.75, 3.05) is 0 Å². The molecule has 1 aliphatic rings. The predicted octanol–water partition coefficient (Wildman–Crippen LogP) is 2.41. The highest BCUT2D eigenvalue weighted by molar-refractivity contribution is 5.81. The maximum Gasteiger partial charge on any atom is 0.232 e. The van der Waals surface area contributed by atoms with Crippen LogP contribution in [0.5, 0.6) is 5.88 Å². The van der Waals surface area contributed by atoms with E-state index < -0.39 is 0 Å². The largest absolute Gasteiger partial charge is 0.473 e. The van der Waals surface area contributed by atoms with Crippen LogP contribution in [0.4, 0.5) is 0 Å². The SMILES string of the molecule is NC1CC(Oc2ccc3ncc(-c4cc5cnccc5o4)n3n2)C1. The van der Waals surface area contributed by atoms with Gasteiger partial charge in [0.2, 0.25) is 5.88 Å². The van der Waals surface area contributed by atoms with Gasteiger partial charge in [0.25, 0.3) is 0 Å². The molecule has 0 aliphatic heterocycles. The van der Waals surface area contributed by atoms with Gasteiger partial charge in [0.05, 0.1) is 6.20 Å². The highest BCUT2D eigenvalue weighted by Crippen LogP contribution is 2.28. The lowest BCUT2D eigenvalue weighted by Crippen LogP contribution is -2.43. The Labute approximate surface area is 137 Å². The molecular weight excluding hydrogens is 306 g/mol. The lowest BCUT2D eigenvalue weighted by atomic mass is 9.90. The van der Waals surface area contributed by atoms with Crippen molar-refractivity contribution in [1.29, 1.82) is 0 Å². The smallest absolute Gasteiger partial charge is 0.232 e. The van der Waals surface area contributed by atoms with Gasteiger partial charge in [-0.15, -0.1) is 5.10 Å². The molecule has 1 aliphatic carbocycles. The lowest BCUT2D eigenvalue weighted by molar-refractivity contribution is 0.0944. The van der Waals surface area contributed by atoms with E-state index in [1.54, 1.807) is 23.1 Å². The lowest BCUT2D eigenvalue weighted by Gasteiger charge is -2.31. The fourth-order valence-corrected chi connectivity index (χ4v) is 2.97. The van der Waals surface area contributed by atoms with E-state index in [2.05, 4.69) is 15.1 Å². The van der Waals surface area contributed by atoms with Crippen LogP contribution in [0, 0.1) is 0 Å². The highest BCUT2D eigenvalue weighted by Gasteiger charge is 2.28. The van der Waals surface area contributed by atoms with Crippen LogP contribution in [0.2, 0.25) is 0 Å². The van der Waals surface area contributed by atoms with Crippen LogP contribution < -0.4 is 10.5 Å². The van der Waals surface area contributed by atoms with Crippen molar-refractivity contribution in [3.05, 3.63) is 42.9 Å². The zero-order valence-electron chi connectivity index (χ0n) is 12.8. The standard InChI is InChI=1S/C17H15N5O2/c18-11-6-12(7-11)23-17-2-1-16-20-9-13(22(16)21-17)15-5-10-8-19-4-3-14(10)24-15/h1-5,8-9,11-12H,6-7,18H2. The minimum Gasteiger partial charge on any atom is -0.473 e. The number of nitrogens with zero attached hydrogens (tertiary/aromatic N) is 4. The molecule has 7 heteroatoms. The third kappa shape index (κ3) is 2.13. The van der Waals surface area contributed by atoms with E-state index in [1.807, 2.05) is 24.3 Å². The summed E-state index contributed by atoms with van der Waals surface area (Å²) in [6, 6.07) is 7.73. The van der Waals surface area contributed by atoms with Crippen LogP contribution in [0.1, 0.15) is 12.8 Å². The number of pyridine rings is 1. The van der Waals surface area contributed by atoms with E-state index >= 15 is 0 Å². The molecule has 1 saturated carbocycles. The summed E-state index contributed by atoms with van der Waals surface area (Å²) in [5.41, 5.74) is 8.10. The number of aromatic nitrogens is 4. The van der Waals surface area contributed by atoms with Crippen molar-refractivity contribution in [2.45, 2.75) is 25.0 Å². The van der Waals surface area contributed by atoms with Crippen molar-refractivity contribution in [3.8, 4) is 17.3 Å². The number of furan rings is 1. The van der Waals surface area contributed by atoms with Crippen LogP contribution in [0.3, 0.4) is 0 Å². The Morgan fingerprint density at radius 3 is 2.96 bits per heavy atom. The molecule has 0 bridgehead atoms. The van der Waals surface area contributed by atoms with Crippen LogP contribution in [0.25, 0.3) is 28.1 Å². The summed E-state index contributed by atoms with van der Waals surface area (Å²) >= 11 is 0. The van der Waals surface area contributed by atoms with Crippen molar-refractivity contribution in [2.24, 2.45) is 5.73 Å². The molecule has 120 valence electrons. The molecule has 24 heavy (non-hydrogen) atoms. The summed E-state index contributed by atoms with van der Waals surface area (Å²) in [7, 11) is 0. The fraction of sp³-hybridized carbons (Fsp3) is 0.235. The molecule has 5 rings (SSSR count). The second kappa shape index (κ2) is 5.04. The van der Waals surface area contributed by atoms with Gasteiger partial charge < -0.3 is 14.9 Å². The molecule has 0 spiro atoms. The number of nitrogens with two attached hydrogens (primary N) is 1. The van der Waals surface area contributed by atoms with Crippen LogP contribution in [0.15, 0.2) is 47.3 Å². The predicted molar refractivity (Wildman–Crippen MR) is 87.6 cm³/mol. The quantitative estimate of drug-likeness (QED) is 0.623. The summed E-state index contributed by atoms with van der Waals surface area (Å²) in [5, 5.41) is 5.49. The van der Waals surface area contributed by atoms with E-state index in [0.29, 0.717) is 11.6 Å². The molecule has 7 nitrogen and oxygen atoms in total. The van der Waals surface area contributed by atoms with E-state index in [-0.39, 0.29) is 12.1 Å². The summed E-state index contributed by atoms with van der Waals surface area (Å²) in [5.74, 6) is 1.26. The van der Waals surface area contributed by atoms with E-state index in [1.165, 1.54) is 0 Å². The zero-order valence-corrected chi connectivity index (χ0v) is 12.8. The molecule has 2 N–H and O–H groups in total. The Hall–Kier alpha value is -2.93. The molecule has 0 atom stereocenters. The van der Waals surface area contributed by atoms with Crippen molar-refractivity contribution >= 4 is 16.6 Å². The summed E-state index contributed by atoms with van der Waals surface area (Å²) < 4.78 is 13.5. The van der Waals surface area contributed by atoms with Gasteiger partial charge in [-0.2, -0.15) is 0 Å². The van der Waals surface area contributed by atoms with Gasteiger partial charge in [-0.3, -0.25) is 4.98 Å². The Kier molecular flexibility index (Phi) is 2.83. The molecule has 4 heterocycles. The number of hydrogen-bond acceptors (Lipinski definition) is 6. The number of imidazole rings is 1. The van der Waals surface area contributed by atoms with Gasteiger partial charge in [-0.05, 0) is 31.0 Å². The van der Waals surface area contributed by atoms with Gasteiger partial charge in [-0.1, -0.05) is 0 Å². The maximum absolute atomic E-state index is 5.89. The molecule has 0 amide bonds. The second-order valence-corrected chi connectivity index (χ2v) is 6.08. The molecule has 4 aromatic rings. The van der Waals surface area contributed by atoms with E-state index in [0.717, 1.165) is 35.2 Å². The van der Waals surface area contributed by atoms with Crippen LogP contribution >= 0.6 is 0 Å². The number of fused-ring (bicyclic) bond motifs is 2. The van der Waals surface area contributed by atoms with Crippen LogP contribution in [-0.2, 0) is 0 Å².